The molecule has 27 heavy (non-hydrogen) atoms. The lowest BCUT2D eigenvalue weighted by Gasteiger charge is -2.32. The minimum atomic E-state index is -0.587. The molecule has 0 bridgehead atoms. The SMILES string of the molecule is CN(C(=O)OC(C)(C)C)C1(c2cc(F)ccc2OCc2ccccc2)CC1. The summed E-state index contributed by atoms with van der Waals surface area (Å²) in [5, 5.41) is 0. The Balaban J connectivity index is 1.84. The summed E-state index contributed by atoms with van der Waals surface area (Å²) in [6, 6.07) is 14.3. The van der Waals surface area contributed by atoms with Crippen molar-refractivity contribution in [1.82, 2.24) is 4.90 Å². The number of nitrogens with zero attached hydrogens (tertiary/aromatic N) is 1. The largest absolute Gasteiger partial charge is 0.489 e. The molecule has 0 saturated heterocycles. The Hall–Kier alpha value is -2.56. The van der Waals surface area contributed by atoms with E-state index in [0.717, 1.165) is 18.4 Å². The Kier molecular flexibility index (Phi) is 5.13. The molecular weight excluding hydrogens is 345 g/mol. The first-order valence-corrected chi connectivity index (χ1v) is 9.15. The van der Waals surface area contributed by atoms with E-state index in [-0.39, 0.29) is 5.82 Å². The van der Waals surface area contributed by atoms with Gasteiger partial charge in [0.1, 0.15) is 23.8 Å². The molecule has 0 atom stereocenters. The van der Waals surface area contributed by atoms with Crippen LogP contribution in [0, 0.1) is 5.82 Å². The molecule has 4 nitrogen and oxygen atoms in total. The maximum atomic E-state index is 14.0. The fourth-order valence-electron chi connectivity index (χ4n) is 3.14. The summed E-state index contributed by atoms with van der Waals surface area (Å²) in [7, 11) is 1.70. The molecule has 3 rings (SSSR count). The van der Waals surface area contributed by atoms with Crippen LogP contribution in [0.5, 0.6) is 5.75 Å². The molecule has 1 saturated carbocycles. The van der Waals surface area contributed by atoms with Gasteiger partial charge in [0.2, 0.25) is 0 Å². The number of benzene rings is 2. The van der Waals surface area contributed by atoms with Gasteiger partial charge in [0, 0.05) is 12.6 Å². The van der Waals surface area contributed by atoms with Crippen LogP contribution >= 0.6 is 0 Å². The summed E-state index contributed by atoms with van der Waals surface area (Å²) in [4.78, 5) is 14.1. The molecule has 2 aromatic carbocycles. The minimum Gasteiger partial charge on any atom is -0.489 e. The number of ether oxygens (including phenoxy) is 2. The van der Waals surface area contributed by atoms with Gasteiger partial charge in [-0.1, -0.05) is 30.3 Å². The first kappa shape index (κ1) is 19.2. The van der Waals surface area contributed by atoms with E-state index in [1.807, 2.05) is 51.1 Å². The third-order valence-electron chi connectivity index (χ3n) is 4.71. The summed E-state index contributed by atoms with van der Waals surface area (Å²) in [5.74, 6) is 0.245. The van der Waals surface area contributed by atoms with Crippen molar-refractivity contribution in [2.45, 2.75) is 51.4 Å². The van der Waals surface area contributed by atoms with E-state index in [1.165, 1.54) is 12.1 Å². The average Bonchev–Trinajstić information content (AvgIpc) is 3.41. The van der Waals surface area contributed by atoms with Crippen LogP contribution in [0.15, 0.2) is 48.5 Å². The molecule has 1 aliphatic rings. The van der Waals surface area contributed by atoms with E-state index < -0.39 is 17.2 Å². The van der Waals surface area contributed by atoms with Crippen molar-refractivity contribution in [3.8, 4) is 5.75 Å². The van der Waals surface area contributed by atoms with E-state index in [4.69, 9.17) is 9.47 Å². The zero-order valence-electron chi connectivity index (χ0n) is 16.3. The molecule has 1 aliphatic carbocycles. The Morgan fingerprint density at radius 1 is 1.15 bits per heavy atom. The van der Waals surface area contributed by atoms with Gasteiger partial charge in [-0.05, 0) is 57.4 Å². The van der Waals surface area contributed by atoms with Crippen LogP contribution in [0.4, 0.5) is 9.18 Å². The van der Waals surface area contributed by atoms with Crippen LogP contribution in [0.2, 0.25) is 0 Å². The molecule has 2 aromatic rings. The summed E-state index contributed by atoms with van der Waals surface area (Å²) >= 11 is 0. The highest BCUT2D eigenvalue weighted by Crippen LogP contribution is 2.53. The van der Waals surface area contributed by atoms with Crippen molar-refractivity contribution < 1.29 is 18.7 Å². The number of amides is 1. The molecule has 0 radical (unpaired) electrons. The van der Waals surface area contributed by atoms with Gasteiger partial charge >= 0.3 is 6.09 Å². The molecule has 0 N–H and O–H groups in total. The van der Waals surface area contributed by atoms with Gasteiger partial charge in [-0.15, -0.1) is 0 Å². The highest BCUT2D eigenvalue weighted by Gasteiger charge is 2.52. The van der Waals surface area contributed by atoms with Crippen LogP contribution in [-0.4, -0.2) is 23.6 Å². The van der Waals surface area contributed by atoms with E-state index >= 15 is 0 Å². The summed E-state index contributed by atoms with van der Waals surface area (Å²) in [6.07, 6.45) is 1.07. The second-order valence-corrected chi connectivity index (χ2v) is 7.99. The van der Waals surface area contributed by atoms with Crippen molar-refractivity contribution in [3.63, 3.8) is 0 Å². The molecule has 0 aromatic heterocycles. The molecule has 1 amide bonds. The fraction of sp³-hybridized carbons (Fsp3) is 0.409. The Labute approximate surface area is 159 Å². The van der Waals surface area contributed by atoms with Crippen molar-refractivity contribution in [2.24, 2.45) is 0 Å². The van der Waals surface area contributed by atoms with Crippen molar-refractivity contribution in [3.05, 3.63) is 65.5 Å². The number of halogens is 1. The lowest BCUT2D eigenvalue weighted by atomic mass is 10.0. The van der Waals surface area contributed by atoms with Gasteiger partial charge in [-0.2, -0.15) is 0 Å². The Morgan fingerprint density at radius 3 is 2.41 bits per heavy atom. The fourth-order valence-corrected chi connectivity index (χ4v) is 3.14. The van der Waals surface area contributed by atoms with E-state index in [2.05, 4.69) is 0 Å². The molecule has 5 heteroatoms. The molecule has 0 aliphatic heterocycles. The number of hydrogen-bond acceptors (Lipinski definition) is 3. The van der Waals surface area contributed by atoms with Crippen molar-refractivity contribution >= 4 is 6.09 Å². The first-order chi connectivity index (χ1) is 12.7. The number of rotatable bonds is 5. The summed E-state index contributed by atoms with van der Waals surface area (Å²) in [6.45, 7) is 5.87. The lowest BCUT2D eigenvalue weighted by molar-refractivity contribution is 0.0186. The van der Waals surface area contributed by atoms with Gasteiger partial charge in [0.05, 0.1) is 5.54 Å². The highest BCUT2D eigenvalue weighted by molar-refractivity contribution is 5.70. The van der Waals surface area contributed by atoms with Crippen LogP contribution in [0.1, 0.15) is 44.7 Å². The van der Waals surface area contributed by atoms with Gasteiger partial charge in [0.15, 0.2) is 0 Å². The van der Waals surface area contributed by atoms with E-state index in [9.17, 15) is 9.18 Å². The standard InChI is InChI=1S/C22H26FNO3/c1-21(2,3)27-20(25)24(4)22(12-13-22)18-14-17(23)10-11-19(18)26-15-16-8-6-5-7-9-16/h5-11,14H,12-13,15H2,1-4H3. The van der Waals surface area contributed by atoms with E-state index in [0.29, 0.717) is 17.9 Å². The maximum Gasteiger partial charge on any atom is 0.410 e. The van der Waals surface area contributed by atoms with Crippen molar-refractivity contribution in [1.29, 1.82) is 0 Å². The predicted octanol–water partition coefficient (Wildman–Crippen LogP) is 5.26. The van der Waals surface area contributed by atoms with Gasteiger partial charge in [0.25, 0.3) is 0 Å². The Morgan fingerprint density at radius 2 is 1.81 bits per heavy atom. The zero-order valence-corrected chi connectivity index (χ0v) is 16.3. The third kappa shape index (κ3) is 4.41. The van der Waals surface area contributed by atoms with Crippen LogP contribution < -0.4 is 4.74 Å². The molecular formula is C22H26FNO3. The first-order valence-electron chi connectivity index (χ1n) is 9.15. The second-order valence-electron chi connectivity index (χ2n) is 7.99. The molecule has 0 heterocycles. The number of hydrogen-bond donors (Lipinski definition) is 0. The highest BCUT2D eigenvalue weighted by atomic mass is 19.1. The Bertz CT molecular complexity index is 810. The predicted molar refractivity (Wildman–Crippen MR) is 102 cm³/mol. The van der Waals surface area contributed by atoms with Gasteiger partial charge < -0.3 is 14.4 Å². The second kappa shape index (κ2) is 7.22. The lowest BCUT2D eigenvalue weighted by Crippen LogP contribution is -2.41. The smallest absolute Gasteiger partial charge is 0.410 e. The summed E-state index contributed by atoms with van der Waals surface area (Å²) < 4.78 is 25.5. The van der Waals surface area contributed by atoms with Crippen LogP contribution in [-0.2, 0) is 16.9 Å². The van der Waals surface area contributed by atoms with E-state index in [1.54, 1.807) is 18.0 Å². The summed E-state index contributed by atoms with van der Waals surface area (Å²) in [5.41, 5.74) is 0.539. The van der Waals surface area contributed by atoms with Gasteiger partial charge in [-0.3, -0.25) is 0 Å². The quantitative estimate of drug-likeness (QED) is 0.719. The van der Waals surface area contributed by atoms with Crippen LogP contribution in [0.3, 0.4) is 0 Å². The molecule has 0 spiro atoms. The zero-order chi connectivity index (χ0) is 19.7. The van der Waals surface area contributed by atoms with Crippen LogP contribution in [0.25, 0.3) is 0 Å². The number of carbonyl (C=O) groups excluding carboxylic acids is 1. The molecule has 1 fully saturated rings. The topological polar surface area (TPSA) is 38.8 Å². The third-order valence-corrected chi connectivity index (χ3v) is 4.71. The monoisotopic (exact) mass is 371 g/mol. The maximum absolute atomic E-state index is 14.0. The average molecular weight is 371 g/mol. The minimum absolute atomic E-state index is 0.346. The molecule has 144 valence electrons. The molecule has 0 unspecified atom stereocenters. The van der Waals surface area contributed by atoms with Gasteiger partial charge in [-0.25, -0.2) is 9.18 Å². The van der Waals surface area contributed by atoms with Crippen molar-refractivity contribution in [2.75, 3.05) is 7.05 Å². The normalized spacial score (nSPS) is 15.1. The number of carbonyl (C=O) groups is 1.